The molecule has 1 saturated carbocycles. The van der Waals surface area contributed by atoms with Crippen molar-refractivity contribution in [3.05, 3.63) is 41.6 Å². The number of rotatable bonds is 7. The van der Waals surface area contributed by atoms with Gasteiger partial charge in [0.1, 0.15) is 17.5 Å². The molecule has 1 fully saturated rings. The minimum Gasteiger partial charge on any atom is -0.393 e. The molecule has 8 nitrogen and oxygen atoms in total. The third kappa shape index (κ3) is 6.83. The van der Waals surface area contributed by atoms with Crippen molar-refractivity contribution >= 4 is 35.8 Å². The van der Waals surface area contributed by atoms with Crippen molar-refractivity contribution in [2.45, 2.75) is 57.6 Å². The van der Waals surface area contributed by atoms with Crippen LogP contribution in [0.2, 0.25) is 0 Å². The van der Waals surface area contributed by atoms with E-state index in [0.29, 0.717) is 36.1 Å². The minimum absolute atomic E-state index is 0. The largest absolute Gasteiger partial charge is 0.393 e. The molecule has 1 heterocycles. The second kappa shape index (κ2) is 12.5. The first kappa shape index (κ1) is 24.9. The number of halogens is 1. The van der Waals surface area contributed by atoms with E-state index in [-0.39, 0.29) is 30.1 Å². The predicted octanol–water partition coefficient (Wildman–Crippen LogP) is 2.74. The van der Waals surface area contributed by atoms with Gasteiger partial charge in [-0.2, -0.15) is 10.4 Å². The lowest BCUT2D eigenvalue weighted by Gasteiger charge is -2.27. The molecule has 1 aliphatic rings. The normalized spacial score (nSPS) is 18.7. The number of aliphatic imine (C=N–C) groups is 1. The Balaban J connectivity index is 0.00000341. The molecule has 0 aliphatic heterocycles. The van der Waals surface area contributed by atoms with Gasteiger partial charge in [0.2, 0.25) is 0 Å². The Hall–Kier alpha value is -2.32. The molecule has 1 aliphatic carbocycles. The standard InChI is InChI=1S/C22H31N7O.HI/c1-2-25-22(27-16-10-12-18(30)13-11-16)26-14-6-9-20-19(15-23)21(24)29(28-20)17-7-4-3-5-8-17;/h3-5,7-8,16,18,30H,2,6,9-14,24H2,1H3,(H2,25,26,27);1H. The summed E-state index contributed by atoms with van der Waals surface area (Å²) in [7, 11) is 0. The van der Waals surface area contributed by atoms with E-state index in [0.717, 1.165) is 50.3 Å². The summed E-state index contributed by atoms with van der Waals surface area (Å²) >= 11 is 0. The molecule has 31 heavy (non-hydrogen) atoms. The monoisotopic (exact) mass is 537 g/mol. The summed E-state index contributed by atoms with van der Waals surface area (Å²) in [6.07, 6.45) is 4.80. The first-order chi connectivity index (χ1) is 14.6. The number of anilines is 1. The Kier molecular flexibility index (Phi) is 10.1. The SMILES string of the molecule is CCNC(=NCCCc1nn(-c2ccccc2)c(N)c1C#N)NC1CCC(O)CC1.I. The highest BCUT2D eigenvalue weighted by atomic mass is 127. The number of guanidine groups is 1. The molecule has 1 aromatic carbocycles. The quantitative estimate of drug-likeness (QED) is 0.186. The van der Waals surface area contributed by atoms with Crippen molar-refractivity contribution < 1.29 is 5.11 Å². The lowest BCUT2D eigenvalue weighted by atomic mass is 9.93. The van der Waals surface area contributed by atoms with Gasteiger partial charge in [-0.3, -0.25) is 4.99 Å². The van der Waals surface area contributed by atoms with Crippen LogP contribution in [0.4, 0.5) is 5.82 Å². The Morgan fingerprint density at radius 2 is 2.00 bits per heavy atom. The van der Waals surface area contributed by atoms with Crippen molar-refractivity contribution in [2.24, 2.45) is 4.99 Å². The second-order valence-electron chi connectivity index (χ2n) is 7.58. The smallest absolute Gasteiger partial charge is 0.191 e. The van der Waals surface area contributed by atoms with E-state index in [4.69, 9.17) is 5.73 Å². The van der Waals surface area contributed by atoms with E-state index < -0.39 is 0 Å². The lowest BCUT2D eigenvalue weighted by molar-refractivity contribution is 0.120. The van der Waals surface area contributed by atoms with Crippen molar-refractivity contribution in [1.82, 2.24) is 20.4 Å². The number of nitriles is 1. The Morgan fingerprint density at radius 3 is 2.65 bits per heavy atom. The van der Waals surface area contributed by atoms with Crippen LogP contribution in [-0.4, -0.2) is 46.1 Å². The van der Waals surface area contributed by atoms with Gasteiger partial charge in [0.15, 0.2) is 5.96 Å². The maximum Gasteiger partial charge on any atom is 0.191 e. The van der Waals surface area contributed by atoms with Crippen molar-refractivity contribution in [3.8, 4) is 11.8 Å². The average Bonchev–Trinajstić information content (AvgIpc) is 3.08. The molecule has 0 saturated heterocycles. The third-order valence-electron chi connectivity index (χ3n) is 5.33. The molecule has 0 unspecified atom stereocenters. The van der Waals surface area contributed by atoms with Crippen LogP contribution in [0.5, 0.6) is 0 Å². The summed E-state index contributed by atoms with van der Waals surface area (Å²) < 4.78 is 1.63. The van der Waals surface area contributed by atoms with Crippen LogP contribution >= 0.6 is 24.0 Å². The van der Waals surface area contributed by atoms with Gasteiger partial charge >= 0.3 is 0 Å². The molecule has 0 amide bonds. The molecular formula is C22H32IN7O. The fourth-order valence-corrected chi connectivity index (χ4v) is 3.71. The van der Waals surface area contributed by atoms with Gasteiger partial charge in [-0.05, 0) is 57.6 Å². The zero-order chi connectivity index (χ0) is 21.3. The number of benzene rings is 1. The fraction of sp³-hybridized carbons (Fsp3) is 0.500. The molecular weight excluding hydrogens is 505 g/mol. The maximum absolute atomic E-state index is 9.67. The van der Waals surface area contributed by atoms with Gasteiger partial charge in [-0.25, -0.2) is 4.68 Å². The molecule has 0 radical (unpaired) electrons. The second-order valence-corrected chi connectivity index (χ2v) is 7.58. The number of hydrogen-bond acceptors (Lipinski definition) is 5. The lowest BCUT2D eigenvalue weighted by Crippen LogP contribution is -2.45. The number of aryl methyl sites for hydroxylation is 1. The van der Waals surface area contributed by atoms with Gasteiger partial charge in [0, 0.05) is 19.1 Å². The van der Waals surface area contributed by atoms with Gasteiger partial charge in [-0.1, -0.05) is 18.2 Å². The zero-order valence-electron chi connectivity index (χ0n) is 17.9. The molecule has 168 valence electrons. The molecule has 3 rings (SSSR count). The van der Waals surface area contributed by atoms with Gasteiger partial charge in [0.05, 0.1) is 17.5 Å². The summed E-state index contributed by atoms with van der Waals surface area (Å²) in [5, 5.41) is 30.5. The third-order valence-corrected chi connectivity index (χ3v) is 5.33. The summed E-state index contributed by atoms with van der Waals surface area (Å²) in [5.41, 5.74) is 8.15. The van der Waals surface area contributed by atoms with Crippen LogP contribution in [0.1, 0.15) is 50.3 Å². The van der Waals surface area contributed by atoms with Crippen LogP contribution in [0, 0.1) is 11.3 Å². The van der Waals surface area contributed by atoms with Gasteiger partial charge in [0.25, 0.3) is 0 Å². The summed E-state index contributed by atoms with van der Waals surface area (Å²) in [6.45, 7) is 3.45. The van der Waals surface area contributed by atoms with E-state index >= 15 is 0 Å². The Bertz CT molecular complexity index is 883. The summed E-state index contributed by atoms with van der Waals surface area (Å²) in [6, 6.07) is 12.1. The molecule has 5 N–H and O–H groups in total. The van der Waals surface area contributed by atoms with Crippen LogP contribution in [0.15, 0.2) is 35.3 Å². The highest BCUT2D eigenvalue weighted by molar-refractivity contribution is 14.0. The number of aromatic nitrogens is 2. The summed E-state index contributed by atoms with van der Waals surface area (Å²) in [4.78, 5) is 4.67. The van der Waals surface area contributed by atoms with Crippen LogP contribution in [0.25, 0.3) is 5.69 Å². The first-order valence-corrected chi connectivity index (χ1v) is 10.7. The summed E-state index contributed by atoms with van der Waals surface area (Å²) in [5.74, 6) is 1.17. The number of para-hydroxylation sites is 1. The van der Waals surface area contributed by atoms with Crippen LogP contribution in [0.3, 0.4) is 0 Å². The molecule has 0 bridgehead atoms. The number of nitrogens with zero attached hydrogens (tertiary/aromatic N) is 4. The highest BCUT2D eigenvalue weighted by Crippen LogP contribution is 2.21. The predicted molar refractivity (Wildman–Crippen MR) is 134 cm³/mol. The van der Waals surface area contributed by atoms with E-state index in [1.54, 1.807) is 4.68 Å². The first-order valence-electron chi connectivity index (χ1n) is 10.7. The Morgan fingerprint density at radius 1 is 1.29 bits per heavy atom. The minimum atomic E-state index is -0.167. The van der Waals surface area contributed by atoms with Crippen LogP contribution < -0.4 is 16.4 Å². The molecule has 1 aromatic heterocycles. The number of nitrogens with one attached hydrogen (secondary N) is 2. The van der Waals surface area contributed by atoms with Crippen LogP contribution in [-0.2, 0) is 6.42 Å². The molecule has 9 heteroatoms. The number of aliphatic hydroxyl groups excluding tert-OH is 1. The number of nitrogens with two attached hydrogens (primary N) is 1. The molecule has 0 spiro atoms. The topological polar surface area (TPSA) is 124 Å². The van der Waals surface area contributed by atoms with Crippen molar-refractivity contribution in [2.75, 3.05) is 18.8 Å². The van der Waals surface area contributed by atoms with Gasteiger partial charge in [-0.15, -0.1) is 24.0 Å². The van der Waals surface area contributed by atoms with Crippen molar-refractivity contribution in [1.29, 1.82) is 5.26 Å². The van der Waals surface area contributed by atoms with E-state index in [9.17, 15) is 10.4 Å². The van der Waals surface area contributed by atoms with E-state index in [1.165, 1.54) is 0 Å². The average molecular weight is 537 g/mol. The fourth-order valence-electron chi connectivity index (χ4n) is 3.71. The van der Waals surface area contributed by atoms with Gasteiger partial charge < -0.3 is 21.5 Å². The molecule has 2 aromatic rings. The molecule has 0 atom stereocenters. The highest BCUT2D eigenvalue weighted by Gasteiger charge is 2.20. The maximum atomic E-state index is 9.67. The van der Waals surface area contributed by atoms with E-state index in [1.807, 2.05) is 37.3 Å². The number of hydrogen-bond donors (Lipinski definition) is 4. The zero-order valence-corrected chi connectivity index (χ0v) is 20.3. The Labute approximate surface area is 200 Å². The van der Waals surface area contributed by atoms with E-state index in [2.05, 4.69) is 26.8 Å². The van der Waals surface area contributed by atoms with Crippen molar-refractivity contribution in [3.63, 3.8) is 0 Å². The number of nitrogen functional groups attached to an aromatic ring is 1. The number of aliphatic hydroxyl groups is 1.